The number of anilines is 1. The number of esters is 1. The standard InChI is InChI=1S/C25H22Cl2N4O4S2/c1-3-31-20(12-35-19-10-9-16(26)11-18(19)27)29-30-25(31)37-14-21(32)28-23-22(24(33)34-2)17(13-36-23)15-7-5-4-6-8-15/h4-11,13H,3,12,14H2,1-2H3,(H,28,32). The zero-order valence-corrected chi connectivity index (χ0v) is 23.0. The number of thiophene rings is 1. The molecule has 4 aromatic rings. The van der Waals surface area contributed by atoms with Crippen molar-refractivity contribution in [2.75, 3.05) is 18.2 Å². The van der Waals surface area contributed by atoms with Crippen LogP contribution in [-0.2, 0) is 22.7 Å². The second-order valence-corrected chi connectivity index (χ2v) is 10.2. The van der Waals surface area contributed by atoms with Crippen LogP contribution in [0.15, 0.2) is 59.1 Å². The lowest BCUT2D eigenvalue weighted by molar-refractivity contribution is -0.113. The van der Waals surface area contributed by atoms with E-state index in [-0.39, 0.29) is 18.3 Å². The van der Waals surface area contributed by atoms with Gasteiger partial charge in [0.15, 0.2) is 11.0 Å². The number of halogens is 2. The first-order valence-electron chi connectivity index (χ1n) is 11.1. The Kier molecular flexibility index (Phi) is 9.09. The Hall–Kier alpha value is -3.05. The Labute approximate surface area is 231 Å². The maximum Gasteiger partial charge on any atom is 0.341 e. The Morgan fingerprint density at radius 2 is 1.92 bits per heavy atom. The van der Waals surface area contributed by atoms with E-state index in [9.17, 15) is 9.59 Å². The monoisotopic (exact) mass is 576 g/mol. The number of hydrogen-bond acceptors (Lipinski definition) is 8. The minimum absolute atomic E-state index is 0.0706. The molecule has 0 radical (unpaired) electrons. The molecule has 0 aliphatic heterocycles. The third-order valence-corrected chi connectivity index (χ3v) is 7.60. The second-order valence-electron chi connectivity index (χ2n) is 7.55. The molecule has 0 aliphatic rings. The summed E-state index contributed by atoms with van der Waals surface area (Å²) in [6.07, 6.45) is 0. The number of rotatable bonds is 10. The number of amides is 1. The molecule has 0 saturated carbocycles. The molecule has 2 aromatic carbocycles. The Bertz CT molecular complexity index is 1410. The fraction of sp³-hybridized carbons (Fsp3) is 0.200. The molecule has 0 bridgehead atoms. The first kappa shape index (κ1) is 27.0. The molecule has 0 aliphatic carbocycles. The Morgan fingerprint density at radius 3 is 2.62 bits per heavy atom. The third kappa shape index (κ3) is 6.45. The van der Waals surface area contributed by atoms with E-state index in [0.29, 0.717) is 49.4 Å². The molecule has 0 saturated heterocycles. The van der Waals surface area contributed by atoms with Crippen molar-refractivity contribution in [2.24, 2.45) is 0 Å². The van der Waals surface area contributed by atoms with Crippen LogP contribution in [0.1, 0.15) is 23.1 Å². The minimum Gasteiger partial charge on any atom is -0.484 e. The summed E-state index contributed by atoms with van der Waals surface area (Å²) < 4.78 is 12.6. The van der Waals surface area contributed by atoms with Gasteiger partial charge in [-0.1, -0.05) is 65.3 Å². The lowest BCUT2D eigenvalue weighted by Gasteiger charge is -2.10. The highest BCUT2D eigenvalue weighted by Gasteiger charge is 2.23. The Morgan fingerprint density at radius 1 is 1.14 bits per heavy atom. The largest absolute Gasteiger partial charge is 0.484 e. The molecular formula is C25H22Cl2N4O4S2. The summed E-state index contributed by atoms with van der Waals surface area (Å²) in [5.74, 6) is 0.348. The van der Waals surface area contributed by atoms with Gasteiger partial charge in [-0.25, -0.2) is 4.79 Å². The zero-order chi connectivity index (χ0) is 26.4. The van der Waals surface area contributed by atoms with Gasteiger partial charge in [0.2, 0.25) is 5.91 Å². The van der Waals surface area contributed by atoms with Crippen molar-refractivity contribution in [3.63, 3.8) is 0 Å². The van der Waals surface area contributed by atoms with E-state index in [4.69, 9.17) is 32.7 Å². The van der Waals surface area contributed by atoms with Crippen LogP contribution in [-0.4, -0.2) is 39.5 Å². The van der Waals surface area contributed by atoms with E-state index < -0.39 is 5.97 Å². The molecule has 8 nitrogen and oxygen atoms in total. The predicted molar refractivity (Wildman–Crippen MR) is 147 cm³/mol. The maximum absolute atomic E-state index is 12.8. The van der Waals surface area contributed by atoms with Gasteiger partial charge in [0.1, 0.15) is 22.9 Å². The summed E-state index contributed by atoms with van der Waals surface area (Å²) in [5.41, 5.74) is 1.89. The van der Waals surface area contributed by atoms with Crippen LogP contribution in [0.3, 0.4) is 0 Å². The summed E-state index contributed by atoms with van der Waals surface area (Å²) >= 11 is 14.6. The average molecular weight is 578 g/mol. The van der Waals surface area contributed by atoms with E-state index in [0.717, 1.165) is 5.56 Å². The quantitative estimate of drug-likeness (QED) is 0.171. The number of nitrogens with one attached hydrogen (secondary N) is 1. The van der Waals surface area contributed by atoms with Crippen molar-refractivity contribution >= 4 is 63.2 Å². The molecular weight excluding hydrogens is 555 g/mol. The SMILES string of the molecule is CCn1c(COc2ccc(Cl)cc2Cl)nnc1SCC(=O)Nc1scc(-c2ccccc2)c1C(=O)OC. The number of hydrogen-bond donors (Lipinski definition) is 1. The van der Waals surface area contributed by atoms with Crippen molar-refractivity contribution < 1.29 is 19.1 Å². The molecule has 0 fully saturated rings. The van der Waals surface area contributed by atoms with E-state index in [1.165, 1.54) is 30.2 Å². The van der Waals surface area contributed by atoms with Gasteiger partial charge in [0.25, 0.3) is 0 Å². The van der Waals surface area contributed by atoms with E-state index in [1.807, 2.05) is 47.2 Å². The fourth-order valence-electron chi connectivity index (χ4n) is 3.46. The third-order valence-electron chi connectivity index (χ3n) is 5.21. The van der Waals surface area contributed by atoms with Crippen LogP contribution < -0.4 is 10.1 Å². The summed E-state index contributed by atoms with van der Waals surface area (Å²) in [7, 11) is 1.32. The molecule has 0 spiro atoms. The lowest BCUT2D eigenvalue weighted by atomic mass is 10.0. The molecule has 192 valence electrons. The molecule has 12 heteroatoms. The predicted octanol–water partition coefficient (Wildman–Crippen LogP) is 6.43. The zero-order valence-electron chi connectivity index (χ0n) is 19.9. The van der Waals surface area contributed by atoms with Gasteiger partial charge in [0, 0.05) is 22.5 Å². The van der Waals surface area contributed by atoms with Crippen molar-refractivity contribution in [1.82, 2.24) is 14.8 Å². The van der Waals surface area contributed by atoms with Crippen LogP contribution in [0.25, 0.3) is 11.1 Å². The number of ether oxygens (including phenoxy) is 2. The minimum atomic E-state index is -0.515. The first-order valence-corrected chi connectivity index (χ1v) is 13.7. The van der Waals surface area contributed by atoms with Crippen LogP contribution in [0.4, 0.5) is 5.00 Å². The summed E-state index contributed by atoms with van der Waals surface area (Å²) in [6, 6.07) is 14.4. The van der Waals surface area contributed by atoms with Crippen molar-refractivity contribution in [3.8, 4) is 16.9 Å². The molecule has 1 amide bonds. The van der Waals surface area contributed by atoms with Gasteiger partial charge in [-0.05, 0) is 30.7 Å². The van der Waals surface area contributed by atoms with Crippen molar-refractivity contribution in [3.05, 3.63) is 75.3 Å². The topological polar surface area (TPSA) is 95.3 Å². The van der Waals surface area contributed by atoms with Crippen LogP contribution in [0, 0.1) is 0 Å². The van der Waals surface area contributed by atoms with Crippen molar-refractivity contribution in [1.29, 1.82) is 0 Å². The number of thioether (sulfide) groups is 1. The van der Waals surface area contributed by atoms with Crippen LogP contribution in [0.5, 0.6) is 5.75 Å². The summed E-state index contributed by atoms with van der Waals surface area (Å²) in [6.45, 7) is 2.68. The normalized spacial score (nSPS) is 10.8. The highest BCUT2D eigenvalue weighted by molar-refractivity contribution is 7.99. The number of methoxy groups -OCH3 is 1. The van der Waals surface area contributed by atoms with E-state index >= 15 is 0 Å². The van der Waals surface area contributed by atoms with Crippen LogP contribution in [0.2, 0.25) is 10.0 Å². The smallest absolute Gasteiger partial charge is 0.341 e. The Balaban J connectivity index is 1.42. The highest BCUT2D eigenvalue weighted by atomic mass is 35.5. The molecule has 4 rings (SSSR count). The average Bonchev–Trinajstić information content (AvgIpc) is 3.50. The second kappa shape index (κ2) is 12.5. The fourth-order valence-corrected chi connectivity index (χ4v) is 5.72. The molecule has 0 atom stereocenters. The number of benzene rings is 2. The number of aromatic nitrogens is 3. The number of carbonyl (C=O) groups is 2. The van der Waals surface area contributed by atoms with E-state index in [1.54, 1.807) is 18.2 Å². The van der Waals surface area contributed by atoms with Gasteiger partial charge < -0.3 is 19.4 Å². The van der Waals surface area contributed by atoms with Crippen LogP contribution >= 0.6 is 46.3 Å². The van der Waals surface area contributed by atoms with Gasteiger partial charge in [0.05, 0.1) is 17.9 Å². The molecule has 37 heavy (non-hydrogen) atoms. The van der Waals surface area contributed by atoms with Gasteiger partial charge >= 0.3 is 5.97 Å². The molecule has 1 N–H and O–H groups in total. The first-order chi connectivity index (χ1) is 17.9. The molecule has 2 heterocycles. The molecule has 0 unspecified atom stereocenters. The number of carbonyl (C=O) groups excluding carboxylic acids is 2. The van der Waals surface area contributed by atoms with E-state index in [2.05, 4.69) is 15.5 Å². The van der Waals surface area contributed by atoms with Crippen molar-refractivity contribution in [2.45, 2.75) is 25.2 Å². The summed E-state index contributed by atoms with van der Waals surface area (Å²) in [5, 5.41) is 15.0. The molecule has 2 aromatic heterocycles. The number of nitrogens with zero attached hydrogens (tertiary/aromatic N) is 3. The van der Waals surface area contributed by atoms with Gasteiger partial charge in [-0.2, -0.15) is 0 Å². The maximum atomic E-state index is 12.8. The van der Waals surface area contributed by atoms with Gasteiger partial charge in [-0.3, -0.25) is 4.79 Å². The van der Waals surface area contributed by atoms with Gasteiger partial charge in [-0.15, -0.1) is 21.5 Å². The lowest BCUT2D eigenvalue weighted by Crippen LogP contribution is -2.16. The summed E-state index contributed by atoms with van der Waals surface area (Å²) in [4.78, 5) is 25.3. The highest BCUT2D eigenvalue weighted by Crippen LogP contribution is 2.36.